The molecule has 226 valence electrons. The van der Waals surface area contributed by atoms with Crippen LogP contribution in [0.5, 0.6) is 11.5 Å². The Kier molecular flexibility index (Phi) is 6.33. The molecule has 47 heavy (non-hydrogen) atoms. The molecule has 2 unspecified atom stereocenters. The Morgan fingerprint density at radius 3 is 1.62 bits per heavy atom. The summed E-state index contributed by atoms with van der Waals surface area (Å²) in [5, 5.41) is 0. The minimum Gasteiger partial charge on any atom is -0.497 e. The van der Waals surface area contributed by atoms with Gasteiger partial charge in [-0.3, -0.25) is 0 Å². The van der Waals surface area contributed by atoms with Crippen molar-refractivity contribution in [2.75, 3.05) is 7.11 Å². The SMILES string of the molecule is COc1ccc(C2(c3ccc(OC4C=C(C5C=C(C)c6ccccc65)c5ccccc54)cc3)c3ccccc3-c3ccccc32)cc1. The molecule has 2 heteroatoms. The van der Waals surface area contributed by atoms with Gasteiger partial charge in [-0.25, -0.2) is 0 Å². The van der Waals surface area contributed by atoms with Crippen LogP contribution in [0.15, 0.2) is 158 Å². The molecule has 0 spiro atoms. The van der Waals surface area contributed by atoms with Gasteiger partial charge in [-0.1, -0.05) is 127 Å². The number of hydrogen-bond donors (Lipinski definition) is 0. The van der Waals surface area contributed by atoms with Crippen molar-refractivity contribution in [2.45, 2.75) is 24.4 Å². The molecule has 6 aromatic rings. The second kappa shape index (κ2) is 10.7. The number of ether oxygens (including phenoxy) is 2. The van der Waals surface area contributed by atoms with Gasteiger partial charge in [0.25, 0.3) is 0 Å². The third-order valence-corrected chi connectivity index (χ3v) is 10.4. The van der Waals surface area contributed by atoms with Gasteiger partial charge in [0.1, 0.15) is 17.6 Å². The summed E-state index contributed by atoms with van der Waals surface area (Å²) in [5.74, 6) is 1.94. The van der Waals surface area contributed by atoms with Crippen molar-refractivity contribution in [3.63, 3.8) is 0 Å². The smallest absolute Gasteiger partial charge is 0.143 e. The van der Waals surface area contributed by atoms with Crippen molar-refractivity contribution < 1.29 is 9.47 Å². The Bertz CT molecular complexity index is 2170. The summed E-state index contributed by atoms with van der Waals surface area (Å²) in [6, 6.07) is 52.5. The highest BCUT2D eigenvalue weighted by Gasteiger charge is 2.46. The van der Waals surface area contributed by atoms with Gasteiger partial charge >= 0.3 is 0 Å². The molecule has 9 rings (SSSR count). The van der Waals surface area contributed by atoms with Crippen LogP contribution < -0.4 is 9.47 Å². The van der Waals surface area contributed by atoms with Crippen molar-refractivity contribution in [3.05, 3.63) is 202 Å². The average Bonchev–Trinajstić information content (AvgIpc) is 3.77. The Labute approximate surface area is 276 Å². The molecule has 0 radical (unpaired) electrons. The first-order chi connectivity index (χ1) is 23.2. The molecule has 0 heterocycles. The van der Waals surface area contributed by atoms with Gasteiger partial charge in [-0.05, 0) is 98.5 Å². The third-order valence-electron chi connectivity index (χ3n) is 10.4. The van der Waals surface area contributed by atoms with Crippen LogP contribution >= 0.6 is 0 Å². The third kappa shape index (κ3) is 4.11. The number of rotatable bonds is 6. The van der Waals surface area contributed by atoms with Crippen LogP contribution in [0.3, 0.4) is 0 Å². The van der Waals surface area contributed by atoms with Gasteiger partial charge in [0, 0.05) is 11.5 Å². The van der Waals surface area contributed by atoms with E-state index in [2.05, 4.69) is 165 Å². The van der Waals surface area contributed by atoms with E-state index in [-0.39, 0.29) is 12.0 Å². The molecular weight excluding hydrogens is 572 g/mol. The Balaban J connectivity index is 1.12. The number of methoxy groups -OCH3 is 1. The number of fused-ring (bicyclic) bond motifs is 5. The second-order valence-electron chi connectivity index (χ2n) is 12.8. The molecule has 2 nitrogen and oxygen atoms in total. The minimum absolute atomic E-state index is 0.156. The average molecular weight is 607 g/mol. The van der Waals surface area contributed by atoms with E-state index < -0.39 is 5.41 Å². The normalized spacial score (nSPS) is 18.0. The zero-order chi connectivity index (χ0) is 31.5. The van der Waals surface area contributed by atoms with Crippen LogP contribution in [0, 0.1) is 0 Å². The van der Waals surface area contributed by atoms with Gasteiger partial charge in [0.05, 0.1) is 12.5 Å². The topological polar surface area (TPSA) is 18.5 Å². The van der Waals surface area contributed by atoms with Crippen molar-refractivity contribution in [2.24, 2.45) is 0 Å². The van der Waals surface area contributed by atoms with Crippen LogP contribution in [-0.2, 0) is 5.41 Å². The lowest BCUT2D eigenvalue weighted by Gasteiger charge is -2.34. The van der Waals surface area contributed by atoms with Crippen LogP contribution in [0.2, 0.25) is 0 Å². The first-order valence-corrected chi connectivity index (χ1v) is 16.4. The van der Waals surface area contributed by atoms with Crippen molar-refractivity contribution in [1.29, 1.82) is 0 Å². The molecule has 0 bridgehead atoms. The van der Waals surface area contributed by atoms with E-state index in [1.807, 2.05) is 0 Å². The molecule has 0 N–H and O–H groups in total. The summed E-state index contributed by atoms with van der Waals surface area (Å²) >= 11 is 0. The van der Waals surface area contributed by atoms with Crippen LogP contribution in [0.1, 0.15) is 63.5 Å². The summed E-state index contributed by atoms with van der Waals surface area (Å²) in [4.78, 5) is 0. The van der Waals surface area contributed by atoms with Gasteiger partial charge in [0.2, 0.25) is 0 Å². The highest BCUT2D eigenvalue weighted by Crippen LogP contribution is 2.56. The van der Waals surface area contributed by atoms with Crippen LogP contribution in [0.4, 0.5) is 0 Å². The summed E-state index contributed by atoms with van der Waals surface area (Å²) in [7, 11) is 1.72. The summed E-state index contributed by atoms with van der Waals surface area (Å²) in [5.41, 5.74) is 14.9. The monoisotopic (exact) mass is 606 g/mol. The summed E-state index contributed by atoms with van der Waals surface area (Å²) in [6.07, 6.45) is 4.58. The maximum absolute atomic E-state index is 6.82. The molecule has 0 aliphatic heterocycles. The lowest BCUT2D eigenvalue weighted by Crippen LogP contribution is -2.28. The molecule has 0 saturated carbocycles. The van der Waals surface area contributed by atoms with Gasteiger partial charge < -0.3 is 9.47 Å². The second-order valence-corrected chi connectivity index (χ2v) is 12.8. The van der Waals surface area contributed by atoms with Gasteiger partial charge in [-0.15, -0.1) is 0 Å². The molecule has 3 aliphatic rings. The van der Waals surface area contributed by atoms with Gasteiger partial charge in [0.15, 0.2) is 0 Å². The maximum Gasteiger partial charge on any atom is 0.143 e. The zero-order valence-electron chi connectivity index (χ0n) is 26.5. The Hall–Kier alpha value is -5.60. The van der Waals surface area contributed by atoms with E-state index in [1.165, 1.54) is 66.8 Å². The zero-order valence-corrected chi connectivity index (χ0v) is 26.5. The summed E-state index contributed by atoms with van der Waals surface area (Å²) in [6.45, 7) is 2.22. The Morgan fingerprint density at radius 2 is 1.00 bits per heavy atom. The van der Waals surface area contributed by atoms with E-state index in [9.17, 15) is 0 Å². The molecule has 0 saturated heterocycles. The predicted molar refractivity (Wildman–Crippen MR) is 191 cm³/mol. The summed E-state index contributed by atoms with van der Waals surface area (Å²) < 4.78 is 12.4. The first-order valence-electron chi connectivity index (χ1n) is 16.4. The molecule has 3 aliphatic carbocycles. The van der Waals surface area contributed by atoms with E-state index in [1.54, 1.807) is 7.11 Å². The molecular formula is C45H34O2. The quantitative estimate of drug-likeness (QED) is 0.187. The Morgan fingerprint density at radius 1 is 0.489 bits per heavy atom. The fourth-order valence-electron chi connectivity index (χ4n) is 8.33. The molecule has 0 aromatic heterocycles. The highest BCUT2D eigenvalue weighted by atomic mass is 16.5. The maximum atomic E-state index is 6.82. The van der Waals surface area contributed by atoms with Crippen molar-refractivity contribution >= 4 is 11.1 Å². The largest absolute Gasteiger partial charge is 0.497 e. The molecule has 6 aromatic carbocycles. The molecule has 0 amide bonds. The van der Waals surface area contributed by atoms with E-state index >= 15 is 0 Å². The predicted octanol–water partition coefficient (Wildman–Crippen LogP) is 10.8. The number of benzene rings is 6. The van der Waals surface area contributed by atoms with Crippen LogP contribution in [0.25, 0.3) is 22.3 Å². The molecule has 0 fully saturated rings. The van der Waals surface area contributed by atoms with E-state index in [0.29, 0.717) is 0 Å². The fourth-order valence-corrected chi connectivity index (χ4v) is 8.33. The van der Waals surface area contributed by atoms with E-state index in [0.717, 1.165) is 11.5 Å². The first kappa shape index (κ1) is 27.7. The van der Waals surface area contributed by atoms with Gasteiger partial charge in [-0.2, -0.15) is 0 Å². The van der Waals surface area contributed by atoms with Crippen molar-refractivity contribution in [1.82, 2.24) is 0 Å². The highest BCUT2D eigenvalue weighted by molar-refractivity contribution is 5.88. The standard InChI is InChI=1S/C45H34O2/c1-29-27-40(35-12-4-3-11-34(29)35)41-28-44(39-16-6-5-13-36(39)41)47-33-25-21-31(22-26-33)45(30-19-23-32(46-2)24-20-30)42-17-9-7-14-37(42)38-15-8-10-18-43(38)45/h3-28,40,44H,1-2H3. The lowest BCUT2D eigenvalue weighted by molar-refractivity contribution is 0.258. The van der Waals surface area contributed by atoms with Crippen LogP contribution in [-0.4, -0.2) is 7.11 Å². The van der Waals surface area contributed by atoms with E-state index in [4.69, 9.17) is 9.47 Å². The minimum atomic E-state index is -0.467. The lowest BCUT2D eigenvalue weighted by atomic mass is 9.68. The van der Waals surface area contributed by atoms with Crippen molar-refractivity contribution in [3.8, 4) is 22.6 Å². The number of allylic oxidation sites excluding steroid dienone is 3. The fraction of sp³-hybridized carbons (Fsp3) is 0.111. The molecule has 2 atom stereocenters. The number of hydrogen-bond acceptors (Lipinski definition) is 2.